The van der Waals surface area contributed by atoms with E-state index in [0.29, 0.717) is 11.3 Å². The SMILES string of the molecule is CN(C)c1ccc(NC(=O)/C=C/c2ccc(F)c(Cl)c2)cc1. The molecule has 0 spiro atoms. The molecule has 5 heteroatoms. The second-order valence-corrected chi connectivity index (χ2v) is 5.34. The Bertz CT molecular complexity index is 696. The zero-order valence-electron chi connectivity index (χ0n) is 12.3. The standard InChI is InChI=1S/C17H16ClFN2O/c1-21(2)14-7-5-13(6-8-14)20-17(22)10-4-12-3-9-16(19)15(18)11-12/h3-11H,1-2H3,(H,20,22)/b10-4+. The van der Waals surface area contributed by atoms with Gasteiger partial charge in [0.15, 0.2) is 0 Å². The molecule has 114 valence electrons. The van der Waals surface area contributed by atoms with Gasteiger partial charge in [0.25, 0.3) is 0 Å². The average Bonchev–Trinajstić information content (AvgIpc) is 2.49. The van der Waals surface area contributed by atoms with Crippen molar-refractivity contribution in [2.24, 2.45) is 0 Å². The molecule has 1 amide bonds. The van der Waals surface area contributed by atoms with Crippen molar-refractivity contribution in [3.8, 4) is 0 Å². The summed E-state index contributed by atoms with van der Waals surface area (Å²) in [5.41, 5.74) is 2.41. The third-order valence-electron chi connectivity index (χ3n) is 3.02. The molecule has 2 aromatic carbocycles. The summed E-state index contributed by atoms with van der Waals surface area (Å²) in [6.45, 7) is 0. The summed E-state index contributed by atoms with van der Waals surface area (Å²) in [5, 5.41) is 2.78. The van der Waals surface area contributed by atoms with E-state index in [1.807, 2.05) is 43.3 Å². The maximum atomic E-state index is 13.0. The lowest BCUT2D eigenvalue weighted by Gasteiger charge is -2.12. The van der Waals surface area contributed by atoms with Crippen LogP contribution in [0.1, 0.15) is 5.56 Å². The number of anilines is 2. The number of amides is 1. The topological polar surface area (TPSA) is 32.3 Å². The van der Waals surface area contributed by atoms with Crippen LogP contribution in [0.15, 0.2) is 48.5 Å². The second-order valence-electron chi connectivity index (χ2n) is 4.94. The molecular formula is C17H16ClFN2O. The Kier molecular flexibility index (Phi) is 5.17. The van der Waals surface area contributed by atoms with Crippen LogP contribution in [0, 0.1) is 5.82 Å². The van der Waals surface area contributed by atoms with Crippen molar-refractivity contribution in [2.75, 3.05) is 24.3 Å². The van der Waals surface area contributed by atoms with Gasteiger partial charge in [-0.05, 0) is 48.0 Å². The molecule has 0 unspecified atom stereocenters. The number of halogens is 2. The van der Waals surface area contributed by atoms with Crippen LogP contribution in [-0.2, 0) is 4.79 Å². The number of carbonyl (C=O) groups is 1. The van der Waals surface area contributed by atoms with E-state index in [-0.39, 0.29) is 10.9 Å². The molecule has 0 aliphatic carbocycles. The van der Waals surface area contributed by atoms with Gasteiger partial charge in [0.2, 0.25) is 5.91 Å². The van der Waals surface area contributed by atoms with Crippen LogP contribution < -0.4 is 10.2 Å². The Labute approximate surface area is 134 Å². The maximum Gasteiger partial charge on any atom is 0.248 e. The predicted molar refractivity (Wildman–Crippen MR) is 89.8 cm³/mol. The molecule has 0 saturated heterocycles. The van der Waals surface area contributed by atoms with Crippen molar-refractivity contribution in [3.63, 3.8) is 0 Å². The fraction of sp³-hybridized carbons (Fsp3) is 0.118. The molecule has 0 bridgehead atoms. The molecule has 0 aliphatic heterocycles. The van der Waals surface area contributed by atoms with Gasteiger partial charge in [0.1, 0.15) is 5.82 Å². The minimum Gasteiger partial charge on any atom is -0.378 e. The Hall–Kier alpha value is -2.33. The van der Waals surface area contributed by atoms with Gasteiger partial charge in [-0.25, -0.2) is 4.39 Å². The first-order valence-electron chi connectivity index (χ1n) is 6.67. The lowest BCUT2D eigenvalue weighted by molar-refractivity contribution is -0.111. The Balaban J connectivity index is 2.00. The van der Waals surface area contributed by atoms with Crippen LogP contribution in [-0.4, -0.2) is 20.0 Å². The average molecular weight is 319 g/mol. The number of nitrogens with zero attached hydrogens (tertiary/aromatic N) is 1. The fourth-order valence-electron chi connectivity index (χ4n) is 1.81. The van der Waals surface area contributed by atoms with Gasteiger partial charge in [-0.1, -0.05) is 17.7 Å². The number of hydrogen-bond acceptors (Lipinski definition) is 2. The van der Waals surface area contributed by atoms with E-state index in [9.17, 15) is 9.18 Å². The summed E-state index contributed by atoms with van der Waals surface area (Å²) in [7, 11) is 3.90. The zero-order chi connectivity index (χ0) is 16.1. The van der Waals surface area contributed by atoms with Crippen LogP contribution >= 0.6 is 11.6 Å². The molecule has 22 heavy (non-hydrogen) atoms. The van der Waals surface area contributed by atoms with Gasteiger partial charge in [-0.2, -0.15) is 0 Å². The van der Waals surface area contributed by atoms with Crippen LogP contribution in [0.2, 0.25) is 5.02 Å². The van der Waals surface area contributed by atoms with Crippen molar-refractivity contribution >= 4 is 35.0 Å². The monoisotopic (exact) mass is 318 g/mol. The molecule has 3 nitrogen and oxygen atoms in total. The van der Waals surface area contributed by atoms with E-state index >= 15 is 0 Å². The van der Waals surface area contributed by atoms with E-state index < -0.39 is 5.82 Å². The molecular weight excluding hydrogens is 303 g/mol. The number of hydrogen-bond donors (Lipinski definition) is 1. The minimum absolute atomic E-state index is 0.0295. The summed E-state index contributed by atoms with van der Waals surface area (Å²) in [5.74, 6) is -0.748. The first-order valence-corrected chi connectivity index (χ1v) is 7.05. The van der Waals surface area contributed by atoms with Crippen LogP contribution in [0.5, 0.6) is 0 Å². The van der Waals surface area contributed by atoms with Crippen molar-refractivity contribution in [1.29, 1.82) is 0 Å². The molecule has 0 fully saturated rings. The third kappa shape index (κ3) is 4.33. The van der Waals surface area contributed by atoms with Crippen LogP contribution in [0.3, 0.4) is 0 Å². The van der Waals surface area contributed by atoms with Crippen molar-refractivity contribution in [2.45, 2.75) is 0 Å². The molecule has 0 aliphatic rings. The van der Waals surface area contributed by atoms with Gasteiger partial charge in [0.05, 0.1) is 5.02 Å². The minimum atomic E-state index is -0.482. The number of carbonyl (C=O) groups excluding carboxylic acids is 1. The normalized spacial score (nSPS) is 10.7. The first kappa shape index (κ1) is 16.0. The van der Waals surface area contributed by atoms with Crippen LogP contribution in [0.25, 0.3) is 6.08 Å². The number of benzene rings is 2. The van der Waals surface area contributed by atoms with Crippen molar-refractivity contribution < 1.29 is 9.18 Å². The summed E-state index contributed by atoms with van der Waals surface area (Å²) in [6.07, 6.45) is 2.96. The molecule has 0 radical (unpaired) electrons. The first-order chi connectivity index (χ1) is 10.5. The smallest absolute Gasteiger partial charge is 0.248 e. The molecule has 0 heterocycles. The highest BCUT2D eigenvalue weighted by molar-refractivity contribution is 6.30. The fourth-order valence-corrected chi connectivity index (χ4v) is 2.00. The maximum absolute atomic E-state index is 13.0. The Morgan fingerprint density at radius 1 is 1.18 bits per heavy atom. The van der Waals surface area contributed by atoms with E-state index in [4.69, 9.17) is 11.6 Å². The van der Waals surface area contributed by atoms with Crippen LogP contribution in [0.4, 0.5) is 15.8 Å². The highest BCUT2D eigenvalue weighted by Gasteiger charge is 2.01. The largest absolute Gasteiger partial charge is 0.378 e. The molecule has 1 N–H and O–H groups in total. The molecule has 0 atom stereocenters. The summed E-state index contributed by atoms with van der Waals surface area (Å²) < 4.78 is 13.0. The van der Waals surface area contributed by atoms with Gasteiger partial charge < -0.3 is 10.2 Å². The highest BCUT2D eigenvalue weighted by atomic mass is 35.5. The summed E-state index contributed by atoms with van der Waals surface area (Å²) in [6, 6.07) is 11.8. The number of rotatable bonds is 4. The van der Waals surface area contributed by atoms with E-state index in [1.165, 1.54) is 18.2 Å². The van der Waals surface area contributed by atoms with Gasteiger partial charge in [-0.15, -0.1) is 0 Å². The molecule has 2 aromatic rings. The van der Waals surface area contributed by atoms with E-state index in [1.54, 1.807) is 12.1 Å². The predicted octanol–water partition coefficient (Wildman–Crippen LogP) is 4.20. The highest BCUT2D eigenvalue weighted by Crippen LogP contribution is 2.17. The summed E-state index contributed by atoms with van der Waals surface area (Å²) >= 11 is 5.69. The van der Waals surface area contributed by atoms with Crippen molar-refractivity contribution in [1.82, 2.24) is 0 Å². The lowest BCUT2D eigenvalue weighted by atomic mass is 10.2. The Morgan fingerprint density at radius 3 is 2.45 bits per heavy atom. The van der Waals surface area contributed by atoms with Crippen molar-refractivity contribution in [3.05, 3.63) is 64.9 Å². The summed E-state index contributed by atoms with van der Waals surface area (Å²) in [4.78, 5) is 13.8. The number of nitrogens with one attached hydrogen (secondary N) is 1. The quantitative estimate of drug-likeness (QED) is 0.857. The van der Waals surface area contributed by atoms with E-state index in [2.05, 4.69) is 5.32 Å². The van der Waals surface area contributed by atoms with Gasteiger partial charge in [-0.3, -0.25) is 4.79 Å². The molecule has 0 saturated carbocycles. The van der Waals surface area contributed by atoms with Gasteiger partial charge in [0, 0.05) is 31.5 Å². The zero-order valence-corrected chi connectivity index (χ0v) is 13.1. The third-order valence-corrected chi connectivity index (χ3v) is 3.31. The second kappa shape index (κ2) is 7.09. The lowest BCUT2D eigenvalue weighted by Crippen LogP contribution is -2.10. The van der Waals surface area contributed by atoms with Gasteiger partial charge >= 0.3 is 0 Å². The Morgan fingerprint density at radius 2 is 1.86 bits per heavy atom. The molecule has 2 rings (SSSR count). The van der Waals surface area contributed by atoms with E-state index in [0.717, 1.165) is 5.69 Å². The molecule has 0 aromatic heterocycles.